The zero-order chi connectivity index (χ0) is 21.5. The van der Waals surface area contributed by atoms with Crippen LogP contribution in [-0.2, 0) is 9.53 Å². The lowest BCUT2D eigenvalue weighted by molar-refractivity contribution is -0.120. The number of benzene rings is 2. The van der Waals surface area contributed by atoms with Crippen LogP contribution in [0, 0.1) is 13.8 Å². The Bertz CT molecular complexity index is 1250. The Morgan fingerprint density at radius 3 is 2.67 bits per heavy atom. The van der Waals surface area contributed by atoms with E-state index in [1.807, 2.05) is 26.0 Å². The molecule has 0 spiro atoms. The summed E-state index contributed by atoms with van der Waals surface area (Å²) in [5.74, 6) is -2.08. The number of hydrogen-bond acceptors (Lipinski definition) is 6. The van der Waals surface area contributed by atoms with Gasteiger partial charge in [-0.2, -0.15) is 0 Å². The maximum Gasteiger partial charge on any atom is 0.351 e. The lowest BCUT2D eigenvalue weighted by Gasteiger charge is -2.29. The third-order valence-electron chi connectivity index (χ3n) is 5.35. The average molecular weight is 404 g/mol. The number of ketones is 1. The molecule has 1 aliphatic carbocycles. The number of carbonyl (C=O) groups is 2. The first-order valence-electron chi connectivity index (χ1n) is 9.51. The summed E-state index contributed by atoms with van der Waals surface area (Å²) in [4.78, 5) is 37.2. The highest BCUT2D eigenvalue weighted by molar-refractivity contribution is 6.00. The molecule has 0 saturated carbocycles. The molecular weight excluding hydrogens is 384 g/mol. The van der Waals surface area contributed by atoms with E-state index in [1.54, 1.807) is 30.3 Å². The van der Waals surface area contributed by atoms with Crippen molar-refractivity contribution in [2.24, 2.45) is 0 Å². The SMILES string of the molecule is Cc1ccc([C@H]2C(=O)C=C[C@@]2(O)COC(=O)c2cc3ccccc3oc2=O)c(C)c1. The number of allylic oxidation sites excluding steroid dienone is 1. The van der Waals surface area contributed by atoms with Crippen LogP contribution in [0.2, 0.25) is 0 Å². The van der Waals surface area contributed by atoms with Crippen LogP contribution in [0.25, 0.3) is 11.0 Å². The minimum Gasteiger partial charge on any atom is -0.458 e. The number of carbonyl (C=O) groups excluding carboxylic acids is 2. The summed E-state index contributed by atoms with van der Waals surface area (Å²) in [6, 6.07) is 13.8. The molecule has 3 aromatic rings. The molecule has 0 saturated heterocycles. The van der Waals surface area contributed by atoms with Crippen molar-refractivity contribution in [2.75, 3.05) is 6.61 Å². The molecule has 0 radical (unpaired) electrons. The van der Waals surface area contributed by atoms with Crippen molar-refractivity contribution in [1.82, 2.24) is 0 Å². The Kier molecular flexibility index (Phi) is 4.87. The van der Waals surface area contributed by atoms with Gasteiger partial charge in [0.15, 0.2) is 5.78 Å². The summed E-state index contributed by atoms with van der Waals surface area (Å²) in [7, 11) is 0. The van der Waals surface area contributed by atoms with E-state index in [9.17, 15) is 19.5 Å². The van der Waals surface area contributed by atoms with Gasteiger partial charge in [-0.15, -0.1) is 0 Å². The summed E-state index contributed by atoms with van der Waals surface area (Å²) in [5.41, 5.74) is 0.119. The van der Waals surface area contributed by atoms with Crippen molar-refractivity contribution in [1.29, 1.82) is 0 Å². The Balaban J connectivity index is 1.59. The zero-order valence-corrected chi connectivity index (χ0v) is 16.5. The number of esters is 1. The number of hydrogen-bond donors (Lipinski definition) is 1. The smallest absolute Gasteiger partial charge is 0.351 e. The van der Waals surface area contributed by atoms with Crippen LogP contribution in [0.1, 0.15) is 33.0 Å². The molecule has 30 heavy (non-hydrogen) atoms. The molecule has 1 aliphatic rings. The summed E-state index contributed by atoms with van der Waals surface area (Å²) >= 11 is 0. The molecular formula is C24H20O6. The first-order chi connectivity index (χ1) is 14.3. The normalized spacial score (nSPS) is 20.6. The fraction of sp³-hybridized carbons (Fsp3) is 0.208. The second kappa shape index (κ2) is 7.39. The van der Waals surface area contributed by atoms with E-state index < -0.39 is 29.7 Å². The highest BCUT2D eigenvalue weighted by atomic mass is 16.5. The fourth-order valence-electron chi connectivity index (χ4n) is 3.83. The van der Waals surface area contributed by atoms with E-state index in [0.29, 0.717) is 16.5 Å². The Morgan fingerprint density at radius 2 is 1.90 bits per heavy atom. The molecule has 0 unspecified atom stereocenters. The summed E-state index contributed by atoms with van der Waals surface area (Å²) < 4.78 is 10.4. The molecule has 0 amide bonds. The van der Waals surface area contributed by atoms with E-state index in [4.69, 9.17) is 9.15 Å². The first kappa shape index (κ1) is 19.8. The van der Waals surface area contributed by atoms with Gasteiger partial charge >= 0.3 is 11.6 Å². The number of ether oxygens (including phenoxy) is 1. The third kappa shape index (κ3) is 3.46. The minimum absolute atomic E-state index is 0.270. The minimum atomic E-state index is -1.70. The molecule has 0 aliphatic heterocycles. The Morgan fingerprint density at radius 1 is 1.13 bits per heavy atom. The van der Waals surface area contributed by atoms with Crippen molar-refractivity contribution in [3.05, 3.63) is 93.4 Å². The summed E-state index contributed by atoms with van der Waals surface area (Å²) in [6.07, 6.45) is 2.64. The molecule has 0 bridgehead atoms. The van der Waals surface area contributed by atoms with Crippen molar-refractivity contribution >= 4 is 22.7 Å². The maximum absolute atomic E-state index is 12.5. The zero-order valence-electron chi connectivity index (χ0n) is 16.5. The van der Waals surface area contributed by atoms with Crippen molar-refractivity contribution in [3.63, 3.8) is 0 Å². The van der Waals surface area contributed by atoms with Gasteiger partial charge in [-0.3, -0.25) is 4.79 Å². The van der Waals surface area contributed by atoms with Gasteiger partial charge in [-0.05, 0) is 49.3 Å². The molecule has 1 heterocycles. The van der Waals surface area contributed by atoms with Crippen LogP contribution < -0.4 is 5.63 Å². The maximum atomic E-state index is 12.5. The highest BCUT2D eigenvalue weighted by Crippen LogP contribution is 2.38. The summed E-state index contributed by atoms with van der Waals surface area (Å²) in [6.45, 7) is 3.33. The fourth-order valence-corrected chi connectivity index (χ4v) is 3.83. The number of para-hydroxylation sites is 1. The molecule has 6 nitrogen and oxygen atoms in total. The Labute approximate surface area is 172 Å². The van der Waals surface area contributed by atoms with Crippen LogP contribution in [0.4, 0.5) is 0 Å². The molecule has 2 aromatic carbocycles. The monoisotopic (exact) mass is 404 g/mol. The topological polar surface area (TPSA) is 93.8 Å². The number of aryl methyl sites for hydroxylation is 2. The van der Waals surface area contributed by atoms with E-state index in [-0.39, 0.29) is 11.3 Å². The predicted octanol–water partition coefficient (Wildman–Crippen LogP) is 3.22. The molecule has 1 N–H and O–H groups in total. The lowest BCUT2D eigenvalue weighted by Crippen LogP contribution is -2.40. The van der Waals surface area contributed by atoms with Gasteiger partial charge in [-0.1, -0.05) is 42.0 Å². The third-order valence-corrected chi connectivity index (χ3v) is 5.35. The predicted molar refractivity (Wildman–Crippen MR) is 111 cm³/mol. The van der Waals surface area contributed by atoms with Gasteiger partial charge < -0.3 is 14.3 Å². The van der Waals surface area contributed by atoms with E-state index in [0.717, 1.165) is 11.1 Å². The van der Waals surface area contributed by atoms with Crippen LogP contribution in [0.15, 0.2) is 69.9 Å². The molecule has 0 fully saturated rings. The standard InChI is InChI=1S/C24H20O6/c1-14-7-8-17(15(2)11-14)21-19(25)9-10-24(21,28)13-29-22(26)18-12-16-5-3-4-6-20(16)30-23(18)27/h3-12,21,28H,13H2,1-2H3/t21-,24+/m0/s1. The Hall–Kier alpha value is -3.51. The quantitative estimate of drug-likeness (QED) is 0.530. The van der Waals surface area contributed by atoms with Gasteiger partial charge in [0.1, 0.15) is 23.4 Å². The van der Waals surface area contributed by atoms with Crippen LogP contribution >= 0.6 is 0 Å². The van der Waals surface area contributed by atoms with Crippen molar-refractivity contribution in [2.45, 2.75) is 25.4 Å². The molecule has 1 aromatic heterocycles. The molecule has 6 heteroatoms. The van der Waals surface area contributed by atoms with Crippen LogP contribution in [0.3, 0.4) is 0 Å². The van der Waals surface area contributed by atoms with E-state index in [1.165, 1.54) is 18.2 Å². The van der Waals surface area contributed by atoms with E-state index >= 15 is 0 Å². The molecule has 2 atom stereocenters. The second-order valence-electron chi connectivity index (χ2n) is 7.58. The van der Waals surface area contributed by atoms with E-state index in [2.05, 4.69) is 0 Å². The molecule has 152 valence electrons. The van der Waals surface area contributed by atoms with Gasteiger partial charge in [-0.25, -0.2) is 9.59 Å². The molecule has 4 rings (SSSR count). The van der Waals surface area contributed by atoms with Crippen molar-refractivity contribution < 1.29 is 23.8 Å². The van der Waals surface area contributed by atoms with Crippen LogP contribution in [-0.4, -0.2) is 29.1 Å². The first-order valence-corrected chi connectivity index (χ1v) is 9.51. The van der Waals surface area contributed by atoms with Crippen LogP contribution in [0.5, 0.6) is 0 Å². The van der Waals surface area contributed by atoms with Crippen molar-refractivity contribution in [3.8, 4) is 0 Å². The number of rotatable bonds is 4. The average Bonchev–Trinajstić information content (AvgIpc) is 3.01. The lowest BCUT2D eigenvalue weighted by atomic mass is 9.82. The highest BCUT2D eigenvalue weighted by Gasteiger charge is 2.45. The van der Waals surface area contributed by atoms with Gasteiger partial charge in [0.05, 0.1) is 5.92 Å². The number of aliphatic hydroxyl groups is 1. The second-order valence-corrected chi connectivity index (χ2v) is 7.58. The number of fused-ring (bicyclic) bond motifs is 1. The summed E-state index contributed by atoms with van der Waals surface area (Å²) in [5, 5.41) is 11.7. The largest absolute Gasteiger partial charge is 0.458 e. The van der Waals surface area contributed by atoms with Gasteiger partial charge in [0.25, 0.3) is 0 Å². The van der Waals surface area contributed by atoms with Gasteiger partial charge in [0, 0.05) is 5.39 Å². The van der Waals surface area contributed by atoms with Gasteiger partial charge in [0.2, 0.25) is 0 Å².